The molecule has 0 amide bonds. The van der Waals surface area contributed by atoms with Gasteiger partial charge in [-0.05, 0) is 105 Å². The smallest absolute Gasteiger partial charge is 0.0553 e. The van der Waals surface area contributed by atoms with Crippen LogP contribution in [0.3, 0.4) is 0 Å². The molecule has 0 radical (unpaired) electrons. The molecule has 256 valence electrons. The second-order valence-electron chi connectivity index (χ2n) is 14.5. The van der Waals surface area contributed by atoms with Crippen molar-refractivity contribution < 1.29 is 0 Å². The molecular weight excluding hydrogens is 685 g/mol. The molecule has 1 aliphatic rings. The quantitative estimate of drug-likeness (QED) is 0.176. The first-order chi connectivity index (χ1) is 27.3. The topological polar surface area (TPSA) is 9.86 Å². The first kappa shape index (κ1) is 30.6. The van der Waals surface area contributed by atoms with E-state index in [1.54, 1.807) is 0 Å². The lowest BCUT2D eigenvalue weighted by atomic mass is 9.93. The van der Waals surface area contributed by atoms with Crippen LogP contribution in [0.25, 0.3) is 99.1 Å². The lowest BCUT2D eigenvalue weighted by Crippen LogP contribution is -1.97. The molecule has 0 atom stereocenters. The zero-order chi connectivity index (χ0) is 36.0. The lowest BCUT2D eigenvalue weighted by Gasteiger charge is -2.22. The summed E-state index contributed by atoms with van der Waals surface area (Å²) in [5, 5.41) is 7.79. The van der Waals surface area contributed by atoms with Gasteiger partial charge in [-0.2, -0.15) is 0 Å². The molecule has 0 fully saturated rings. The number of fused-ring (bicyclic) bond motifs is 9. The van der Waals surface area contributed by atoms with E-state index < -0.39 is 0 Å². The first-order valence-corrected chi connectivity index (χ1v) is 19.7. The van der Waals surface area contributed by atoms with E-state index in [9.17, 15) is 0 Å². The van der Waals surface area contributed by atoms with Crippen LogP contribution in [0.5, 0.6) is 0 Å². The molecular formula is C52H32N2S. The number of hydrogen-bond acceptors (Lipinski definition) is 1. The summed E-state index contributed by atoms with van der Waals surface area (Å²) in [6.07, 6.45) is 0. The molecule has 0 N–H and O–H groups in total. The maximum absolute atomic E-state index is 2.44. The fraction of sp³-hybridized carbons (Fsp3) is 0. The largest absolute Gasteiger partial charge is 0.309 e. The molecule has 2 nitrogen and oxygen atoms in total. The van der Waals surface area contributed by atoms with E-state index in [0.717, 1.165) is 5.69 Å². The molecule has 0 saturated carbocycles. The Labute approximate surface area is 322 Å². The van der Waals surface area contributed by atoms with Crippen molar-refractivity contribution in [1.29, 1.82) is 0 Å². The van der Waals surface area contributed by atoms with Crippen molar-refractivity contribution in [1.82, 2.24) is 9.13 Å². The molecule has 0 spiro atoms. The van der Waals surface area contributed by atoms with Gasteiger partial charge in [-0.3, -0.25) is 0 Å². The third kappa shape index (κ3) is 4.57. The van der Waals surface area contributed by atoms with Crippen molar-refractivity contribution in [3.8, 4) is 44.8 Å². The zero-order valence-electron chi connectivity index (χ0n) is 29.8. The van der Waals surface area contributed by atoms with E-state index >= 15 is 0 Å². The van der Waals surface area contributed by atoms with Gasteiger partial charge in [-0.15, -0.1) is 0 Å². The summed E-state index contributed by atoms with van der Waals surface area (Å²) in [6.45, 7) is 0. The van der Waals surface area contributed by atoms with Gasteiger partial charge in [-0.1, -0.05) is 139 Å². The molecule has 11 aromatic rings. The van der Waals surface area contributed by atoms with E-state index in [0.29, 0.717) is 0 Å². The SMILES string of the molecule is c1ccc(-c2ccc3c(c2)c2ccccc2n3-c2cccc(-c3ccc4c(c3)Sc3cccc5c3c-4cc3c5c4ccccc4n3-c3ccccc3)c2)cc1. The van der Waals surface area contributed by atoms with Crippen LogP contribution < -0.4 is 0 Å². The van der Waals surface area contributed by atoms with E-state index in [4.69, 9.17) is 0 Å². The number of hydrogen-bond donors (Lipinski definition) is 0. The number of nitrogens with zero attached hydrogens (tertiary/aromatic N) is 2. The normalized spacial score (nSPS) is 12.3. The maximum atomic E-state index is 2.44. The van der Waals surface area contributed by atoms with Crippen LogP contribution in [0.1, 0.15) is 0 Å². The highest BCUT2D eigenvalue weighted by Gasteiger charge is 2.24. The second-order valence-corrected chi connectivity index (χ2v) is 15.6. The number of aromatic nitrogens is 2. The van der Waals surface area contributed by atoms with Crippen LogP contribution in [0.4, 0.5) is 0 Å². The molecule has 3 heterocycles. The van der Waals surface area contributed by atoms with Crippen LogP contribution in [-0.2, 0) is 0 Å². The highest BCUT2D eigenvalue weighted by Crippen LogP contribution is 2.52. The van der Waals surface area contributed by atoms with Gasteiger partial charge in [0.25, 0.3) is 0 Å². The van der Waals surface area contributed by atoms with Crippen LogP contribution >= 0.6 is 11.8 Å². The van der Waals surface area contributed by atoms with Crippen molar-refractivity contribution in [3.63, 3.8) is 0 Å². The highest BCUT2D eigenvalue weighted by atomic mass is 32.2. The Morgan fingerprint density at radius 2 is 0.891 bits per heavy atom. The molecule has 2 aromatic heterocycles. The predicted molar refractivity (Wildman–Crippen MR) is 233 cm³/mol. The van der Waals surface area contributed by atoms with Crippen molar-refractivity contribution >= 4 is 66.1 Å². The van der Waals surface area contributed by atoms with E-state index in [-0.39, 0.29) is 0 Å². The molecule has 0 bridgehead atoms. The zero-order valence-corrected chi connectivity index (χ0v) is 30.6. The fourth-order valence-electron chi connectivity index (χ4n) is 9.07. The third-order valence-corrected chi connectivity index (χ3v) is 12.6. The van der Waals surface area contributed by atoms with Crippen molar-refractivity contribution in [2.45, 2.75) is 9.79 Å². The summed E-state index contributed by atoms with van der Waals surface area (Å²) in [5.74, 6) is 0. The molecule has 0 saturated heterocycles. The monoisotopic (exact) mass is 716 g/mol. The molecule has 0 unspecified atom stereocenters. The Hall–Kier alpha value is -6.81. The standard InChI is InChI=1S/C52H32N2S/c1-3-13-33(14-4-1)35-26-28-47-43(30-35)39-19-7-9-22-45(39)54(47)38-18-11-15-34(29-38)36-25-27-40-44-32-48-51(42-21-12-24-49(52(42)44)55-50(40)31-36)41-20-8-10-23-46(41)53(48)37-16-5-2-6-17-37/h1-32H. The minimum atomic E-state index is 1.16. The Bertz CT molecular complexity index is 3330. The van der Waals surface area contributed by atoms with E-state index in [1.165, 1.54) is 103 Å². The maximum Gasteiger partial charge on any atom is 0.0553 e. The molecule has 9 aromatic carbocycles. The van der Waals surface area contributed by atoms with Gasteiger partial charge in [0, 0.05) is 48.1 Å². The average molecular weight is 717 g/mol. The fourth-order valence-corrected chi connectivity index (χ4v) is 10.3. The van der Waals surface area contributed by atoms with Crippen LogP contribution in [-0.4, -0.2) is 9.13 Å². The highest BCUT2D eigenvalue weighted by molar-refractivity contribution is 7.99. The van der Waals surface area contributed by atoms with Crippen LogP contribution in [0.2, 0.25) is 0 Å². The Morgan fingerprint density at radius 3 is 1.75 bits per heavy atom. The summed E-state index contributed by atoms with van der Waals surface area (Å²) >= 11 is 1.89. The van der Waals surface area contributed by atoms with Gasteiger partial charge in [-0.25, -0.2) is 0 Å². The van der Waals surface area contributed by atoms with Gasteiger partial charge in [0.15, 0.2) is 0 Å². The number of para-hydroxylation sites is 3. The van der Waals surface area contributed by atoms with E-state index in [1.807, 2.05) is 11.8 Å². The summed E-state index contributed by atoms with van der Waals surface area (Å²) in [5.41, 5.74) is 14.7. The van der Waals surface area contributed by atoms with Crippen molar-refractivity contribution in [2.24, 2.45) is 0 Å². The summed E-state index contributed by atoms with van der Waals surface area (Å²) < 4.78 is 4.86. The molecule has 3 heteroatoms. The minimum absolute atomic E-state index is 1.16. The average Bonchev–Trinajstić information content (AvgIpc) is 3.77. The van der Waals surface area contributed by atoms with E-state index in [2.05, 4.69) is 203 Å². The van der Waals surface area contributed by atoms with Gasteiger partial charge in [0.1, 0.15) is 0 Å². The lowest BCUT2D eigenvalue weighted by molar-refractivity contribution is 1.18. The minimum Gasteiger partial charge on any atom is -0.309 e. The third-order valence-electron chi connectivity index (χ3n) is 11.5. The Kier molecular flexibility index (Phi) is 6.60. The van der Waals surface area contributed by atoms with Gasteiger partial charge in [0.05, 0.1) is 22.1 Å². The molecule has 0 aliphatic carbocycles. The predicted octanol–water partition coefficient (Wildman–Crippen LogP) is 14.5. The molecule has 1 aliphatic heterocycles. The number of benzene rings is 9. The van der Waals surface area contributed by atoms with Crippen molar-refractivity contribution in [3.05, 3.63) is 194 Å². The van der Waals surface area contributed by atoms with Crippen LogP contribution in [0, 0.1) is 0 Å². The Balaban J connectivity index is 1.01. The van der Waals surface area contributed by atoms with Gasteiger partial charge < -0.3 is 9.13 Å². The number of rotatable bonds is 4. The van der Waals surface area contributed by atoms with Crippen LogP contribution in [0.15, 0.2) is 204 Å². The van der Waals surface area contributed by atoms with Crippen molar-refractivity contribution in [2.75, 3.05) is 0 Å². The summed E-state index contributed by atoms with van der Waals surface area (Å²) in [4.78, 5) is 2.60. The molecule has 12 rings (SSSR count). The first-order valence-electron chi connectivity index (χ1n) is 18.8. The second kappa shape index (κ2) is 11.8. The Morgan fingerprint density at radius 1 is 0.291 bits per heavy atom. The molecule has 55 heavy (non-hydrogen) atoms. The van der Waals surface area contributed by atoms with Gasteiger partial charge in [0.2, 0.25) is 0 Å². The summed E-state index contributed by atoms with van der Waals surface area (Å²) in [6, 6.07) is 71.3. The van der Waals surface area contributed by atoms with Gasteiger partial charge >= 0.3 is 0 Å². The summed E-state index contributed by atoms with van der Waals surface area (Å²) in [7, 11) is 0.